The number of carbonyl (C=O) groups is 1. The monoisotopic (exact) mass is 448 g/mol. The van der Waals surface area contributed by atoms with E-state index in [1.165, 1.54) is 6.07 Å². The molecule has 0 spiro atoms. The lowest BCUT2D eigenvalue weighted by Crippen LogP contribution is -2.37. The van der Waals surface area contributed by atoms with E-state index in [4.69, 9.17) is 21.3 Å². The summed E-state index contributed by atoms with van der Waals surface area (Å²) in [5, 5.41) is 11.0. The highest BCUT2D eigenvalue weighted by molar-refractivity contribution is 6.31. The molecule has 0 amide bonds. The molecule has 1 aliphatic rings. The Morgan fingerprint density at radius 1 is 1.09 bits per heavy atom. The van der Waals surface area contributed by atoms with Crippen LogP contribution in [0.15, 0.2) is 60.9 Å². The maximum Gasteiger partial charge on any atom is 0.336 e. The minimum Gasteiger partial charge on any atom is -0.478 e. The first-order chi connectivity index (χ1) is 15.6. The van der Waals surface area contributed by atoms with Crippen LogP contribution in [0.1, 0.15) is 21.5 Å². The van der Waals surface area contributed by atoms with Crippen LogP contribution in [0.2, 0.25) is 5.02 Å². The van der Waals surface area contributed by atoms with Gasteiger partial charge in [-0.15, -0.1) is 0 Å². The van der Waals surface area contributed by atoms with E-state index in [0.29, 0.717) is 30.6 Å². The summed E-state index contributed by atoms with van der Waals surface area (Å²) in [6.45, 7) is 2.92. The highest BCUT2D eigenvalue weighted by Crippen LogP contribution is 2.25. The van der Waals surface area contributed by atoms with Crippen molar-refractivity contribution in [3.8, 4) is 5.82 Å². The van der Waals surface area contributed by atoms with Crippen LogP contribution in [0.3, 0.4) is 0 Å². The lowest BCUT2D eigenvalue weighted by atomic mass is 9.99. The zero-order valence-corrected chi connectivity index (χ0v) is 18.0. The molecule has 1 N–H and O–H groups in total. The van der Waals surface area contributed by atoms with E-state index in [1.54, 1.807) is 18.3 Å². The molecule has 1 saturated heterocycles. The van der Waals surface area contributed by atoms with E-state index in [-0.39, 0.29) is 5.56 Å². The van der Waals surface area contributed by atoms with Gasteiger partial charge in [0.1, 0.15) is 5.82 Å². The van der Waals surface area contributed by atoms with Crippen molar-refractivity contribution in [2.24, 2.45) is 0 Å². The summed E-state index contributed by atoms with van der Waals surface area (Å²) in [4.78, 5) is 22.9. The van der Waals surface area contributed by atoms with Crippen molar-refractivity contribution in [1.29, 1.82) is 0 Å². The summed E-state index contributed by atoms with van der Waals surface area (Å²) in [7, 11) is 0. The normalized spacial score (nSPS) is 14.1. The Morgan fingerprint density at radius 3 is 2.75 bits per heavy atom. The fourth-order valence-corrected chi connectivity index (χ4v) is 4.18. The van der Waals surface area contributed by atoms with E-state index in [0.717, 1.165) is 40.9 Å². The smallest absolute Gasteiger partial charge is 0.336 e. The number of carboxylic acids is 1. The summed E-state index contributed by atoms with van der Waals surface area (Å²) in [5.41, 5.74) is 3.00. The third-order valence-electron chi connectivity index (χ3n) is 5.62. The van der Waals surface area contributed by atoms with Crippen molar-refractivity contribution < 1.29 is 14.6 Å². The standard InChI is InChI=1S/C24H21ClN4O3/c25-19-3-2-17(20(15-19)23(30)31)13-16-1-4-21-18(14-16)6-8-29(21)22-5-7-26-24(27-22)28-9-11-32-12-10-28/h1-8,14-15H,9-13H2,(H,30,31). The number of aromatic carboxylic acids is 1. The number of aromatic nitrogens is 3. The molecule has 0 unspecified atom stereocenters. The van der Waals surface area contributed by atoms with Crippen LogP contribution in [0.25, 0.3) is 16.7 Å². The number of hydrogen-bond acceptors (Lipinski definition) is 5. The van der Waals surface area contributed by atoms with Crippen molar-refractivity contribution in [2.75, 3.05) is 31.2 Å². The Morgan fingerprint density at radius 2 is 1.94 bits per heavy atom. The predicted molar refractivity (Wildman–Crippen MR) is 123 cm³/mol. The molecule has 3 heterocycles. The van der Waals surface area contributed by atoms with Crippen molar-refractivity contribution in [3.63, 3.8) is 0 Å². The number of rotatable bonds is 5. The average molecular weight is 449 g/mol. The van der Waals surface area contributed by atoms with Crippen molar-refractivity contribution in [2.45, 2.75) is 6.42 Å². The molecule has 1 aliphatic heterocycles. The molecule has 2 aromatic carbocycles. The first-order valence-electron chi connectivity index (χ1n) is 10.4. The van der Waals surface area contributed by atoms with Gasteiger partial charge in [-0.1, -0.05) is 23.7 Å². The summed E-state index contributed by atoms with van der Waals surface area (Å²) >= 11 is 5.98. The van der Waals surface area contributed by atoms with Gasteiger partial charge < -0.3 is 19.3 Å². The summed E-state index contributed by atoms with van der Waals surface area (Å²) in [5.74, 6) is 0.526. The molecular weight excluding hydrogens is 428 g/mol. The molecule has 162 valence electrons. The number of anilines is 1. The molecule has 0 saturated carbocycles. The van der Waals surface area contributed by atoms with Gasteiger partial charge in [-0.05, 0) is 53.9 Å². The van der Waals surface area contributed by atoms with Crippen LogP contribution < -0.4 is 4.90 Å². The SMILES string of the molecule is O=C(O)c1cc(Cl)ccc1Cc1ccc2c(ccn2-c2ccnc(N3CCOCC3)n2)c1. The predicted octanol–water partition coefficient (Wildman–Crippen LogP) is 4.20. The van der Waals surface area contributed by atoms with E-state index in [1.807, 2.05) is 35.0 Å². The molecule has 8 heteroatoms. The van der Waals surface area contributed by atoms with E-state index in [9.17, 15) is 9.90 Å². The quantitative estimate of drug-likeness (QED) is 0.493. The number of morpholine rings is 1. The Bertz CT molecular complexity index is 1300. The topological polar surface area (TPSA) is 80.5 Å². The molecule has 0 atom stereocenters. The molecule has 0 bridgehead atoms. The first kappa shape index (κ1) is 20.5. The summed E-state index contributed by atoms with van der Waals surface area (Å²) < 4.78 is 7.46. The van der Waals surface area contributed by atoms with Gasteiger partial charge in [0.15, 0.2) is 0 Å². The number of ether oxygens (including phenoxy) is 1. The Balaban J connectivity index is 1.45. The number of fused-ring (bicyclic) bond motifs is 1. The number of nitrogens with zero attached hydrogens (tertiary/aromatic N) is 4. The van der Waals surface area contributed by atoms with Crippen LogP contribution in [-0.4, -0.2) is 51.9 Å². The fraction of sp³-hybridized carbons (Fsp3) is 0.208. The number of carboxylic acid groups (broad SMARTS) is 1. The van der Waals surface area contributed by atoms with E-state index >= 15 is 0 Å². The Hall–Kier alpha value is -3.42. The average Bonchev–Trinajstić information content (AvgIpc) is 3.24. The second kappa shape index (κ2) is 8.61. The number of benzene rings is 2. The zero-order chi connectivity index (χ0) is 22.1. The molecule has 32 heavy (non-hydrogen) atoms. The first-order valence-corrected chi connectivity index (χ1v) is 10.7. The largest absolute Gasteiger partial charge is 0.478 e. The van der Waals surface area contributed by atoms with Crippen LogP contribution >= 0.6 is 11.6 Å². The highest BCUT2D eigenvalue weighted by Gasteiger charge is 2.16. The minimum absolute atomic E-state index is 0.229. The third-order valence-corrected chi connectivity index (χ3v) is 5.86. The fourth-order valence-electron chi connectivity index (χ4n) is 4.01. The van der Waals surface area contributed by atoms with E-state index in [2.05, 4.69) is 16.0 Å². The lowest BCUT2D eigenvalue weighted by Gasteiger charge is -2.26. The molecule has 0 radical (unpaired) electrons. The van der Waals surface area contributed by atoms with Gasteiger partial charge >= 0.3 is 5.97 Å². The molecule has 1 fully saturated rings. The van der Waals surface area contributed by atoms with E-state index < -0.39 is 5.97 Å². The minimum atomic E-state index is -0.977. The van der Waals surface area contributed by atoms with Crippen LogP contribution in [0.4, 0.5) is 5.95 Å². The summed E-state index contributed by atoms with van der Waals surface area (Å²) in [6.07, 6.45) is 4.28. The number of hydrogen-bond donors (Lipinski definition) is 1. The van der Waals surface area contributed by atoms with Gasteiger partial charge in [0, 0.05) is 35.9 Å². The highest BCUT2D eigenvalue weighted by atomic mass is 35.5. The van der Waals surface area contributed by atoms with Crippen molar-refractivity contribution in [3.05, 3.63) is 82.6 Å². The van der Waals surface area contributed by atoms with Crippen LogP contribution in [0.5, 0.6) is 0 Å². The Labute approximate surface area is 189 Å². The zero-order valence-electron chi connectivity index (χ0n) is 17.2. The lowest BCUT2D eigenvalue weighted by molar-refractivity contribution is 0.0696. The number of halogens is 1. The van der Waals surface area contributed by atoms with Gasteiger partial charge in [-0.2, -0.15) is 4.98 Å². The molecule has 4 aromatic rings. The molecular formula is C24H21ClN4O3. The second-order valence-corrected chi connectivity index (χ2v) is 8.11. The Kier molecular flexibility index (Phi) is 5.51. The van der Waals surface area contributed by atoms with Crippen molar-refractivity contribution >= 4 is 34.4 Å². The van der Waals surface area contributed by atoms with Crippen molar-refractivity contribution in [1.82, 2.24) is 14.5 Å². The van der Waals surface area contributed by atoms with Gasteiger partial charge in [-0.3, -0.25) is 0 Å². The maximum atomic E-state index is 11.6. The van der Waals surface area contributed by atoms with Gasteiger partial charge in [0.25, 0.3) is 0 Å². The van der Waals surface area contributed by atoms with Gasteiger partial charge in [-0.25, -0.2) is 9.78 Å². The van der Waals surface area contributed by atoms with Crippen LogP contribution in [0, 0.1) is 0 Å². The van der Waals surface area contributed by atoms with Gasteiger partial charge in [0.05, 0.1) is 24.3 Å². The van der Waals surface area contributed by atoms with Crippen LogP contribution in [-0.2, 0) is 11.2 Å². The summed E-state index contributed by atoms with van der Waals surface area (Å²) in [6, 6.07) is 15.1. The van der Waals surface area contributed by atoms with Gasteiger partial charge in [0.2, 0.25) is 5.95 Å². The third kappa shape index (κ3) is 4.04. The second-order valence-electron chi connectivity index (χ2n) is 7.68. The molecule has 7 nitrogen and oxygen atoms in total. The molecule has 0 aliphatic carbocycles. The molecule has 2 aromatic heterocycles. The maximum absolute atomic E-state index is 11.6. The molecule has 5 rings (SSSR count).